The number of hydrogen-bond acceptors (Lipinski definition) is 6. The molecule has 2 aliphatic rings. The first-order valence-corrected chi connectivity index (χ1v) is 7.50. The molecule has 108 valence electrons. The molecule has 3 heterocycles. The molecule has 0 spiro atoms. The molecule has 0 saturated carbocycles. The Hall–Kier alpha value is -1.67. The number of thiazole rings is 1. The average molecular weight is 295 g/mol. The number of hydrogen-bond donors (Lipinski definition) is 2. The normalized spacial score (nSPS) is 22.9. The minimum absolute atomic E-state index is 0.0518. The van der Waals surface area contributed by atoms with Gasteiger partial charge in [0.1, 0.15) is 12.6 Å². The predicted molar refractivity (Wildman–Crippen MR) is 74.7 cm³/mol. The lowest BCUT2D eigenvalue weighted by Crippen LogP contribution is -2.60. The average Bonchev–Trinajstić information content (AvgIpc) is 2.92. The van der Waals surface area contributed by atoms with Crippen LogP contribution in [0.2, 0.25) is 0 Å². The molecule has 0 bridgehead atoms. The van der Waals surface area contributed by atoms with Gasteiger partial charge in [0.05, 0.1) is 6.54 Å². The Kier molecular flexibility index (Phi) is 3.58. The van der Waals surface area contributed by atoms with Crippen LogP contribution in [-0.4, -0.2) is 45.7 Å². The summed E-state index contributed by atoms with van der Waals surface area (Å²) in [6, 6.07) is -0.259. The number of carbonyl (C=O) groups is 2. The topological polar surface area (TPSA) is 91.6 Å². The van der Waals surface area contributed by atoms with E-state index in [1.807, 2.05) is 0 Å². The number of hydrazine groups is 1. The summed E-state index contributed by atoms with van der Waals surface area (Å²) < 4.78 is 0. The van der Waals surface area contributed by atoms with Crippen molar-refractivity contribution < 1.29 is 9.59 Å². The molecular weight excluding hydrogens is 278 g/mol. The molecule has 0 radical (unpaired) electrons. The highest BCUT2D eigenvalue weighted by Gasteiger charge is 2.40. The first-order valence-electron chi connectivity index (χ1n) is 6.68. The number of amides is 2. The Morgan fingerprint density at radius 2 is 2.30 bits per heavy atom. The maximum absolute atomic E-state index is 12.5. The Morgan fingerprint density at radius 1 is 1.45 bits per heavy atom. The zero-order chi connectivity index (χ0) is 14.1. The SMILES string of the molecule is NNc1ncc(CN2CC(=O)N3CCCCC3C2=O)s1. The summed E-state index contributed by atoms with van der Waals surface area (Å²) in [5, 5.41) is 0.607. The van der Waals surface area contributed by atoms with Crippen molar-refractivity contribution in [3.05, 3.63) is 11.1 Å². The Bertz CT molecular complexity index is 532. The van der Waals surface area contributed by atoms with Crippen molar-refractivity contribution >= 4 is 28.3 Å². The molecule has 2 amide bonds. The van der Waals surface area contributed by atoms with E-state index < -0.39 is 0 Å². The summed E-state index contributed by atoms with van der Waals surface area (Å²) in [5.74, 6) is 5.40. The van der Waals surface area contributed by atoms with Crippen LogP contribution in [0.3, 0.4) is 0 Å². The number of rotatable bonds is 3. The molecule has 2 fully saturated rings. The highest BCUT2D eigenvalue weighted by Crippen LogP contribution is 2.25. The minimum atomic E-state index is -0.259. The number of carbonyl (C=O) groups excluding carboxylic acids is 2. The molecule has 1 aromatic heterocycles. The van der Waals surface area contributed by atoms with Crippen molar-refractivity contribution in [3.8, 4) is 0 Å². The van der Waals surface area contributed by atoms with Crippen LogP contribution in [0.4, 0.5) is 5.13 Å². The Balaban J connectivity index is 1.73. The fourth-order valence-electron chi connectivity index (χ4n) is 2.80. The summed E-state index contributed by atoms with van der Waals surface area (Å²) in [5.41, 5.74) is 2.48. The largest absolute Gasteiger partial charge is 0.329 e. The maximum Gasteiger partial charge on any atom is 0.246 e. The Labute approximate surface area is 120 Å². The highest BCUT2D eigenvalue weighted by molar-refractivity contribution is 7.15. The van der Waals surface area contributed by atoms with Crippen LogP contribution in [0.15, 0.2) is 6.20 Å². The van der Waals surface area contributed by atoms with Gasteiger partial charge in [-0.15, -0.1) is 0 Å². The van der Waals surface area contributed by atoms with Gasteiger partial charge in [-0.05, 0) is 19.3 Å². The molecule has 8 heteroatoms. The number of nitrogens with zero attached hydrogens (tertiary/aromatic N) is 3. The highest BCUT2D eigenvalue weighted by atomic mass is 32.1. The summed E-state index contributed by atoms with van der Waals surface area (Å²) in [6.07, 6.45) is 4.47. The molecule has 1 unspecified atom stereocenters. The van der Waals surface area contributed by atoms with E-state index in [1.54, 1.807) is 16.0 Å². The molecule has 1 aromatic rings. The monoisotopic (exact) mass is 295 g/mol. The van der Waals surface area contributed by atoms with E-state index in [-0.39, 0.29) is 24.4 Å². The van der Waals surface area contributed by atoms with Crippen LogP contribution in [0, 0.1) is 0 Å². The number of nitrogen functional groups attached to an aromatic ring is 1. The first-order chi connectivity index (χ1) is 9.69. The zero-order valence-electron chi connectivity index (χ0n) is 11.0. The number of nitrogens with one attached hydrogen (secondary N) is 1. The van der Waals surface area contributed by atoms with Gasteiger partial charge in [-0.1, -0.05) is 11.3 Å². The quantitative estimate of drug-likeness (QED) is 0.612. The standard InChI is InChI=1S/C12H17N5O2S/c13-15-12-14-5-8(20-12)6-16-7-10(18)17-4-2-1-3-9(17)11(16)19/h5,9H,1-4,6-7,13H2,(H,14,15). The number of piperidine rings is 1. The van der Waals surface area contributed by atoms with Gasteiger partial charge in [0, 0.05) is 17.6 Å². The molecule has 0 aromatic carbocycles. The molecule has 2 saturated heterocycles. The summed E-state index contributed by atoms with van der Waals surface area (Å²) in [4.78, 5) is 32.9. The van der Waals surface area contributed by atoms with Crippen LogP contribution < -0.4 is 11.3 Å². The van der Waals surface area contributed by atoms with Crippen molar-refractivity contribution in [2.24, 2.45) is 5.84 Å². The van der Waals surface area contributed by atoms with Crippen molar-refractivity contribution in [1.29, 1.82) is 0 Å². The van der Waals surface area contributed by atoms with E-state index in [9.17, 15) is 9.59 Å². The molecule has 3 N–H and O–H groups in total. The van der Waals surface area contributed by atoms with Crippen molar-refractivity contribution in [3.63, 3.8) is 0 Å². The lowest BCUT2D eigenvalue weighted by Gasteiger charge is -2.42. The van der Waals surface area contributed by atoms with Crippen LogP contribution >= 0.6 is 11.3 Å². The number of anilines is 1. The molecule has 20 heavy (non-hydrogen) atoms. The fraction of sp³-hybridized carbons (Fsp3) is 0.583. The van der Waals surface area contributed by atoms with Crippen molar-refractivity contribution in [2.45, 2.75) is 31.8 Å². The Morgan fingerprint density at radius 3 is 3.05 bits per heavy atom. The molecule has 3 rings (SSSR count). The number of fused-ring (bicyclic) bond motifs is 1. The van der Waals surface area contributed by atoms with Crippen LogP contribution in [0.1, 0.15) is 24.1 Å². The third-order valence-electron chi connectivity index (χ3n) is 3.77. The second-order valence-electron chi connectivity index (χ2n) is 5.07. The fourth-order valence-corrected chi connectivity index (χ4v) is 3.54. The van der Waals surface area contributed by atoms with Crippen LogP contribution in [0.5, 0.6) is 0 Å². The van der Waals surface area contributed by atoms with Gasteiger partial charge in [-0.25, -0.2) is 10.8 Å². The zero-order valence-corrected chi connectivity index (χ0v) is 11.9. The van der Waals surface area contributed by atoms with E-state index in [2.05, 4.69) is 10.4 Å². The van der Waals surface area contributed by atoms with Gasteiger partial charge >= 0.3 is 0 Å². The van der Waals surface area contributed by atoms with Gasteiger partial charge in [0.15, 0.2) is 5.13 Å². The van der Waals surface area contributed by atoms with Gasteiger partial charge in [0.2, 0.25) is 11.8 Å². The van der Waals surface area contributed by atoms with E-state index in [0.29, 0.717) is 18.2 Å². The van der Waals surface area contributed by atoms with Gasteiger partial charge < -0.3 is 9.80 Å². The molecule has 1 atom stereocenters. The minimum Gasteiger partial charge on any atom is -0.329 e. The third kappa shape index (κ3) is 2.36. The maximum atomic E-state index is 12.5. The molecule has 7 nitrogen and oxygen atoms in total. The van der Waals surface area contributed by atoms with E-state index >= 15 is 0 Å². The lowest BCUT2D eigenvalue weighted by atomic mass is 9.98. The number of piperazine rings is 1. The summed E-state index contributed by atoms with van der Waals surface area (Å²) >= 11 is 1.39. The summed E-state index contributed by atoms with van der Waals surface area (Å²) in [6.45, 7) is 1.30. The number of nitrogens with two attached hydrogens (primary N) is 1. The van der Waals surface area contributed by atoms with Gasteiger partial charge in [-0.3, -0.25) is 15.0 Å². The smallest absolute Gasteiger partial charge is 0.246 e. The summed E-state index contributed by atoms with van der Waals surface area (Å²) in [7, 11) is 0. The molecule has 0 aliphatic carbocycles. The van der Waals surface area contributed by atoms with Crippen LogP contribution in [-0.2, 0) is 16.1 Å². The predicted octanol–water partition coefficient (Wildman–Crippen LogP) is 0.152. The van der Waals surface area contributed by atoms with E-state index in [1.165, 1.54) is 11.3 Å². The molecule has 2 aliphatic heterocycles. The lowest BCUT2D eigenvalue weighted by molar-refractivity contribution is -0.158. The second-order valence-corrected chi connectivity index (χ2v) is 6.18. The first kappa shape index (κ1) is 13.3. The van der Waals surface area contributed by atoms with Gasteiger partial charge in [0.25, 0.3) is 0 Å². The second kappa shape index (κ2) is 5.37. The van der Waals surface area contributed by atoms with Crippen molar-refractivity contribution in [2.75, 3.05) is 18.5 Å². The van der Waals surface area contributed by atoms with E-state index in [0.717, 1.165) is 24.1 Å². The van der Waals surface area contributed by atoms with Crippen molar-refractivity contribution in [1.82, 2.24) is 14.8 Å². The van der Waals surface area contributed by atoms with Gasteiger partial charge in [-0.2, -0.15) is 0 Å². The molecular formula is C12H17N5O2S. The van der Waals surface area contributed by atoms with Crippen LogP contribution in [0.25, 0.3) is 0 Å². The number of aromatic nitrogens is 1. The van der Waals surface area contributed by atoms with E-state index in [4.69, 9.17) is 5.84 Å². The third-order valence-corrected chi connectivity index (χ3v) is 4.68.